The molecule has 5 N–H and O–H groups in total. The Bertz CT molecular complexity index is 1870. The van der Waals surface area contributed by atoms with Crippen molar-refractivity contribution in [3.05, 3.63) is 137 Å². The number of amides is 3. The smallest absolute Gasteiger partial charge is 0.268 e. The maximum absolute atomic E-state index is 14.0. The van der Waals surface area contributed by atoms with E-state index in [0.717, 1.165) is 33.2 Å². The molecule has 0 saturated heterocycles. The molecule has 0 bridgehead atoms. The van der Waals surface area contributed by atoms with Crippen molar-refractivity contribution in [1.29, 1.82) is 0 Å². The van der Waals surface area contributed by atoms with E-state index >= 15 is 0 Å². The Balaban J connectivity index is 1.33. The Labute approximate surface area is 306 Å². The van der Waals surface area contributed by atoms with Crippen molar-refractivity contribution in [1.82, 2.24) is 20.9 Å². The number of aliphatic hydroxyl groups excluding tert-OH is 1. The third-order valence-electron chi connectivity index (χ3n) is 9.17. The molecule has 4 aromatic carbocycles. The summed E-state index contributed by atoms with van der Waals surface area (Å²) in [7, 11) is 0. The van der Waals surface area contributed by atoms with Crippen molar-refractivity contribution < 1.29 is 24.2 Å². The number of rotatable bonds is 17. The number of carbonyl (C=O) groups excluding carboxylic acids is 3. The van der Waals surface area contributed by atoms with Gasteiger partial charge in [0, 0.05) is 16.9 Å². The van der Waals surface area contributed by atoms with E-state index in [-0.39, 0.29) is 36.7 Å². The Morgan fingerprint density at radius 3 is 1.98 bits per heavy atom. The fourth-order valence-corrected chi connectivity index (χ4v) is 6.55. The average molecular weight is 703 g/mol. The van der Waals surface area contributed by atoms with Gasteiger partial charge in [-0.25, -0.2) is 0 Å². The third kappa shape index (κ3) is 10.8. The molecule has 5 aromatic rings. The number of carbonyl (C=O) groups is 3. The maximum atomic E-state index is 14.0. The Morgan fingerprint density at radius 2 is 1.35 bits per heavy atom. The number of aryl methyl sites for hydroxylation is 2. The van der Waals surface area contributed by atoms with Crippen molar-refractivity contribution >= 4 is 28.6 Å². The van der Waals surface area contributed by atoms with Crippen LogP contribution in [0.5, 0.6) is 5.75 Å². The summed E-state index contributed by atoms with van der Waals surface area (Å²) >= 11 is 0. The summed E-state index contributed by atoms with van der Waals surface area (Å²) in [4.78, 5) is 43.9. The van der Waals surface area contributed by atoms with Crippen LogP contribution in [-0.2, 0) is 22.4 Å². The summed E-state index contributed by atoms with van der Waals surface area (Å²) in [5, 5.41) is 21.9. The van der Waals surface area contributed by atoms with Gasteiger partial charge in [-0.05, 0) is 79.8 Å². The summed E-state index contributed by atoms with van der Waals surface area (Å²) in [6, 6.07) is 32.6. The van der Waals surface area contributed by atoms with Crippen LogP contribution in [0.25, 0.3) is 10.9 Å². The lowest BCUT2D eigenvalue weighted by Gasteiger charge is -2.30. The van der Waals surface area contributed by atoms with Crippen LogP contribution >= 0.6 is 0 Å². The molecule has 0 aliphatic rings. The molecule has 9 nitrogen and oxygen atoms in total. The van der Waals surface area contributed by atoms with Gasteiger partial charge in [0.05, 0.1) is 12.1 Å². The molecular weight excluding hydrogens is 652 g/mol. The summed E-state index contributed by atoms with van der Waals surface area (Å²) < 4.78 is 5.93. The van der Waals surface area contributed by atoms with Gasteiger partial charge < -0.3 is 30.8 Å². The molecule has 9 heteroatoms. The van der Waals surface area contributed by atoms with E-state index in [4.69, 9.17) is 4.74 Å². The highest BCUT2D eigenvalue weighted by Gasteiger charge is 2.30. The Morgan fingerprint density at radius 1 is 0.731 bits per heavy atom. The topological polar surface area (TPSA) is 133 Å². The minimum absolute atomic E-state index is 0.104. The van der Waals surface area contributed by atoms with E-state index < -0.39 is 24.2 Å². The summed E-state index contributed by atoms with van der Waals surface area (Å²) in [5.74, 6) is -0.297. The number of hydrogen-bond acceptors (Lipinski definition) is 5. The SMILES string of the molecule is Cc1cccc(C)c1OCC(=O)N[C@@H](Cc1ccccc1)CC(O)[C@H](Cc1ccccc1)NC(=O)[C@H](CC(C)C)NC(=O)c1cc2ccccc2[nH]1. The number of para-hydroxylation sites is 2. The molecule has 0 fully saturated rings. The van der Waals surface area contributed by atoms with Crippen molar-refractivity contribution in [2.75, 3.05) is 6.61 Å². The predicted molar refractivity (Wildman–Crippen MR) is 205 cm³/mol. The van der Waals surface area contributed by atoms with Gasteiger partial charge in [0.2, 0.25) is 5.91 Å². The number of ether oxygens (including phenoxy) is 1. The predicted octanol–water partition coefficient (Wildman–Crippen LogP) is 6.21. The van der Waals surface area contributed by atoms with E-state index in [1.165, 1.54) is 0 Å². The third-order valence-corrected chi connectivity index (χ3v) is 9.17. The lowest BCUT2D eigenvalue weighted by atomic mass is 9.93. The minimum Gasteiger partial charge on any atom is -0.483 e. The molecule has 4 atom stereocenters. The molecule has 3 amide bonds. The van der Waals surface area contributed by atoms with Crippen LogP contribution < -0.4 is 20.7 Å². The van der Waals surface area contributed by atoms with Gasteiger partial charge in [-0.1, -0.05) is 111 Å². The van der Waals surface area contributed by atoms with Crippen molar-refractivity contribution in [3.8, 4) is 5.75 Å². The maximum Gasteiger partial charge on any atom is 0.268 e. The number of H-pyrrole nitrogens is 1. The van der Waals surface area contributed by atoms with Gasteiger partial charge in [0.1, 0.15) is 17.5 Å². The van der Waals surface area contributed by atoms with E-state index in [9.17, 15) is 19.5 Å². The van der Waals surface area contributed by atoms with Gasteiger partial charge >= 0.3 is 0 Å². The van der Waals surface area contributed by atoms with E-state index in [1.54, 1.807) is 6.07 Å². The zero-order chi connectivity index (χ0) is 37.0. The van der Waals surface area contributed by atoms with Crippen LogP contribution in [0.15, 0.2) is 109 Å². The second-order valence-electron chi connectivity index (χ2n) is 14.0. The van der Waals surface area contributed by atoms with Gasteiger partial charge in [0.25, 0.3) is 11.8 Å². The quantitative estimate of drug-likeness (QED) is 0.0786. The van der Waals surface area contributed by atoms with Crippen LogP contribution in [0, 0.1) is 19.8 Å². The van der Waals surface area contributed by atoms with Crippen molar-refractivity contribution in [2.24, 2.45) is 5.92 Å². The first-order chi connectivity index (χ1) is 25.0. The number of aromatic amines is 1. The van der Waals surface area contributed by atoms with E-state index in [0.29, 0.717) is 30.7 Å². The van der Waals surface area contributed by atoms with Crippen molar-refractivity contribution in [3.63, 3.8) is 0 Å². The summed E-state index contributed by atoms with van der Waals surface area (Å²) in [5.41, 5.74) is 5.01. The Kier molecular flexibility index (Phi) is 13.2. The monoisotopic (exact) mass is 702 g/mol. The number of benzene rings is 4. The Hall–Kier alpha value is -5.41. The first-order valence-corrected chi connectivity index (χ1v) is 18.0. The van der Waals surface area contributed by atoms with Gasteiger partial charge in [-0.2, -0.15) is 0 Å². The molecule has 0 aliphatic heterocycles. The number of aliphatic hydroxyl groups is 1. The highest BCUT2D eigenvalue weighted by molar-refractivity contribution is 6.00. The molecule has 0 saturated carbocycles. The molecule has 0 spiro atoms. The van der Waals surface area contributed by atoms with E-state index in [2.05, 4.69) is 20.9 Å². The molecule has 1 aromatic heterocycles. The minimum atomic E-state index is -1.04. The molecule has 52 heavy (non-hydrogen) atoms. The first kappa shape index (κ1) is 37.8. The average Bonchev–Trinajstić information content (AvgIpc) is 3.56. The highest BCUT2D eigenvalue weighted by Crippen LogP contribution is 2.22. The molecule has 1 heterocycles. The number of aromatic nitrogens is 1. The zero-order valence-electron chi connectivity index (χ0n) is 30.4. The molecule has 0 radical (unpaired) electrons. The van der Waals surface area contributed by atoms with Gasteiger partial charge in [-0.15, -0.1) is 0 Å². The standard InChI is InChI=1S/C43H50N4O5/c1-28(2)22-37(47-43(51)38-25-33-20-11-12-21-35(33)45-38)42(50)46-36(24-32-18-9-6-10-19-32)39(48)26-34(23-31-16-7-5-8-17-31)44-40(49)27-52-41-29(3)14-13-15-30(41)4/h5-21,25,28,34,36-37,39,45,48H,22-24,26-27H2,1-4H3,(H,44,49)(H,46,50)(H,47,51)/t34-,36-,37-,39?/m0/s1. The second kappa shape index (κ2) is 18.2. The van der Waals surface area contributed by atoms with E-state index in [1.807, 2.05) is 131 Å². The number of fused-ring (bicyclic) bond motifs is 1. The number of hydrogen-bond donors (Lipinski definition) is 5. The van der Waals surface area contributed by atoms with Crippen LogP contribution in [0.4, 0.5) is 0 Å². The van der Waals surface area contributed by atoms with Crippen LogP contribution in [0.2, 0.25) is 0 Å². The molecular formula is C43H50N4O5. The second-order valence-corrected chi connectivity index (χ2v) is 14.0. The largest absolute Gasteiger partial charge is 0.483 e. The van der Waals surface area contributed by atoms with Crippen LogP contribution in [0.3, 0.4) is 0 Å². The first-order valence-electron chi connectivity index (χ1n) is 18.0. The number of nitrogens with one attached hydrogen (secondary N) is 4. The lowest BCUT2D eigenvalue weighted by molar-refractivity contribution is -0.126. The summed E-state index contributed by atoms with van der Waals surface area (Å²) in [6.45, 7) is 7.69. The molecule has 0 aliphatic carbocycles. The zero-order valence-corrected chi connectivity index (χ0v) is 30.4. The normalized spacial score (nSPS) is 13.6. The van der Waals surface area contributed by atoms with Crippen molar-refractivity contribution in [2.45, 2.75) is 77.6 Å². The molecule has 1 unspecified atom stereocenters. The van der Waals surface area contributed by atoms with Gasteiger partial charge in [-0.3, -0.25) is 14.4 Å². The van der Waals surface area contributed by atoms with Crippen LogP contribution in [0.1, 0.15) is 59.4 Å². The van der Waals surface area contributed by atoms with Crippen LogP contribution in [-0.4, -0.2) is 58.6 Å². The summed E-state index contributed by atoms with van der Waals surface area (Å²) in [6.07, 6.45) is 0.341. The molecule has 5 rings (SSSR count). The fraction of sp³-hybridized carbons (Fsp3) is 0.326. The molecule has 272 valence electrons. The fourth-order valence-electron chi connectivity index (χ4n) is 6.55. The lowest BCUT2D eigenvalue weighted by Crippen LogP contribution is -2.54. The van der Waals surface area contributed by atoms with Gasteiger partial charge in [0.15, 0.2) is 6.61 Å². The highest BCUT2D eigenvalue weighted by atomic mass is 16.5.